The molecule has 5 nitrogen and oxygen atoms in total. The second-order valence-corrected chi connectivity index (χ2v) is 5.28. The molecule has 1 heterocycles. The zero-order valence-corrected chi connectivity index (χ0v) is 16.4. The zero-order chi connectivity index (χ0) is 15.8. The van der Waals surface area contributed by atoms with Crippen LogP contribution in [0.25, 0.3) is 0 Å². The normalized spacial score (nSPS) is 12.0. The van der Waals surface area contributed by atoms with Crippen LogP contribution in [-0.2, 0) is 13.0 Å². The summed E-state index contributed by atoms with van der Waals surface area (Å²) in [6, 6.07) is 11.3. The molecule has 0 aliphatic carbocycles. The number of aliphatic hydroxyl groups is 1. The highest BCUT2D eigenvalue weighted by atomic mass is 35.5. The van der Waals surface area contributed by atoms with Crippen molar-refractivity contribution in [3.05, 3.63) is 59.9 Å². The summed E-state index contributed by atoms with van der Waals surface area (Å²) in [6.45, 7) is 1.10. The SMILES string of the molecule is COc1cccc(CNC[C@@H](O)[C@@H](N)Cc2cccnc2)c1.Cl.Cl.Cl. The van der Waals surface area contributed by atoms with Gasteiger partial charge in [0.2, 0.25) is 0 Å². The summed E-state index contributed by atoms with van der Waals surface area (Å²) in [5, 5.41) is 13.3. The Hall–Kier alpha value is -1.08. The van der Waals surface area contributed by atoms with E-state index in [4.69, 9.17) is 10.5 Å². The first-order valence-corrected chi connectivity index (χ1v) is 7.35. The first-order valence-electron chi connectivity index (χ1n) is 7.35. The lowest BCUT2D eigenvalue weighted by Crippen LogP contribution is -2.43. The zero-order valence-electron chi connectivity index (χ0n) is 14.0. The number of methoxy groups -OCH3 is 1. The van der Waals surface area contributed by atoms with E-state index in [-0.39, 0.29) is 43.3 Å². The van der Waals surface area contributed by atoms with E-state index in [1.54, 1.807) is 19.5 Å². The van der Waals surface area contributed by atoms with Gasteiger partial charge in [-0.25, -0.2) is 0 Å². The number of nitrogens with one attached hydrogen (secondary N) is 1. The van der Waals surface area contributed by atoms with E-state index in [0.29, 0.717) is 19.5 Å². The average molecular weight is 411 g/mol. The van der Waals surface area contributed by atoms with Crippen LogP contribution in [0.15, 0.2) is 48.8 Å². The number of aliphatic hydroxyl groups excluding tert-OH is 1. The number of halogens is 3. The van der Waals surface area contributed by atoms with Crippen LogP contribution in [0.1, 0.15) is 11.1 Å². The van der Waals surface area contributed by atoms with Crippen molar-refractivity contribution in [3.63, 3.8) is 0 Å². The van der Waals surface area contributed by atoms with Gasteiger partial charge in [0.15, 0.2) is 0 Å². The Balaban J connectivity index is 0. The largest absolute Gasteiger partial charge is 0.497 e. The van der Waals surface area contributed by atoms with Gasteiger partial charge in [0.25, 0.3) is 0 Å². The van der Waals surface area contributed by atoms with Gasteiger partial charge in [0, 0.05) is 31.5 Å². The maximum atomic E-state index is 10.1. The van der Waals surface area contributed by atoms with Gasteiger partial charge in [0.1, 0.15) is 5.75 Å². The second-order valence-electron chi connectivity index (χ2n) is 5.28. The fourth-order valence-corrected chi connectivity index (χ4v) is 2.23. The summed E-state index contributed by atoms with van der Waals surface area (Å²) in [4.78, 5) is 4.05. The molecule has 25 heavy (non-hydrogen) atoms. The summed E-state index contributed by atoms with van der Waals surface area (Å²) in [5.41, 5.74) is 8.17. The number of nitrogens with zero attached hydrogens (tertiary/aromatic N) is 1. The highest BCUT2D eigenvalue weighted by molar-refractivity contribution is 5.86. The molecule has 0 saturated heterocycles. The number of hydrogen-bond donors (Lipinski definition) is 3. The van der Waals surface area contributed by atoms with E-state index in [2.05, 4.69) is 10.3 Å². The average Bonchev–Trinajstić information content (AvgIpc) is 2.56. The maximum absolute atomic E-state index is 10.1. The van der Waals surface area contributed by atoms with Crippen molar-refractivity contribution in [1.29, 1.82) is 0 Å². The van der Waals surface area contributed by atoms with Crippen LogP contribution < -0.4 is 15.8 Å². The summed E-state index contributed by atoms with van der Waals surface area (Å²) in [5.74, 6) is 0.827. The molecule has 0 saturated carbocycles. The third-order valence-corrected chi connectivity index (χ3v) is 3.51. The first-order chi connectivity index (χ1) is 10.7. The van der Waals surface area contributed by atoms with Crippen molar-refractivity contribution in [1.82, 2.24) is 10.3 Å². The Morgan fingerprint density at radius 1 is 1.16 bits per heavy atom. The number of benzene rings is 1. The molecule has 4 N–H and O–H groups in total. The van der Waals surface area contributed by atoms with Gasteiger partial charge in [-0.1, -0.05) is 18.2 Å². The fourth-order valence-electron chi connectivity index (χ4n) is 2.23. The number of aromatic nitrogens is 1. The van der Waals surface area contributed by atoms with Gasteiger partial charge >= 0.3 is 0 Å². The molecule has 8 heteroatoms. The molecule has 2 aromatic rings. The van der Waals surface area contributed by atoms with E-state index in [1.807, 2.05) is 36.4 Å². The van der Waals surface area contributed by atoms with E-state index < -0.39 is 6.10 Å². The quantitative estimate of drug-likeness (QED) is 0.622. The Bertz CT molecular complexity index is 576. The Labute approximate surface area is 167 Å². The van der Waals surface area contributed by atoms with Crippen molar-refractivity contribution in [3.8, 4) is 5.75 Å². The molecular formula is C17H26Cl3N3O2. The third kappa shape index (κ3) is 9.26. The smallest absolute Gasteiger partial charge is 0.119 e. The molecule has 0 radical (unpaired) electrons. The van der Waals surface area contributed by atoms with Gasteiger partial charge in [-0.3, -0.25) is 4.98 Å². The number of ether oxygens (including phenoxy) is 1. The molecule has 0 unspecified atom stereocenters. The number of rotatable bonds is 8. The summed E-state index contributed by atoms with van der Waals surface area (Å²) < 4.78 is 5.18. The highest BCUT2D eigenvalue weighted by Crippen LogP contribution is 2.12. The lowest BCUT2D eigenvalue weighted by molar-refractivity contribution is 0.141. The fraction of sp³-hybridized carbons (Fsp3) is 0.353. The maximum Gasteiger partial charge on any atom is 0.119 e. The standard InChI is InChI=1S/C17H23N3O2.3ClH/c1-22-15-6-2-4-13(8-15)11-20-12-17(21)16(18)9-14-5-3-7-19-10-14;;;/h2-8,10,16-17,20-21H,9,11-12,18H2,1H3;3*1H/t16-,17+;;;/m0.../s1. The van der Waals surface area contributed by atoms with Gasteiger partial charge in [-0.2, -0.15) is 0 Å². The first kappa shape index (κ1) is 26.2. The molecule has 2 atom stereocenters. The molecular weight excluding hydrogens is 385 g/mol. The van der Waals surface area contributed by atoms with Crippen LogP contribution in [0, 0.1) is 0 Å². The lowest BCUT2D eigenvalue weighted by Gasteiger charge is -2.19. The molecule has 142 valence electrons. The molecule has 0 spiro atoms. The molecule has 1 aromatic carbocycles. The van der Waals surface area contributed by atoms with Crippen LogP contribution >= 0.6 is 37.2 Å². The minimum atomic E-state index is -0.606. The van der Waals surface area contributed by atoms with Crippen LogP contribution in [0.4, 0.5) is 0 Å². The molecule has 1 aromatic heterocycles. The topological polar surface area (TPSA) is 80.4 Å². The van der Waals surface area contributed by atoms with Gasteiger partial charge in [0.05, 0.1) is 13.2 Å². The lowest BCUT2D eigenvalue weighted by atomic mass is 10.0. The molecule has 0 aliphatic heterocycles. The van der Waals surface area contributed by atoms with E-state index in [0.717, 1.165) is 16.9 Å². The van der Waals surface area contributed by atoms with E-state index in [1.165, 1.54) is 0 Å². The highest BCUT2D eigenvalue weighted by Gasteiger charge is 2.14. The molecule has 2 rings (SSSR count). The van der Waals surface area contributed by atoms with E-state index in [9.17, 15) is 5.11 Å². The number of pyridine rings is 1. The van der Waals surface area contributed by atoms with Gasteiger partial charge in [-0.05, 0) is 35.7 Å². The molecule has 0 amide bonds. The Morgan fingerprint density at radius 2 is 1.88 bits per heavy atom. The van der Waals surface area contributed by atoms with Gasteiger partial charge in [-0.15, -0.1) is 37.2 Å². The van der Waals surface area contributed by atoms with Crippen molar-refractivity contribution >= 4 is 37.2 Å². The Kier molecular flexibility index (Phi) is 14.8. The monoisotopic (exact) mass is 409 g/mol. The second kappa shape index (κ2) is 14.1. The molecule has 0 fully saturated rings. The number of hydrogen-bond acceptors (Lipinski definition) is 5. The van der Waals surface area contributed by atoms with Crippen molar-refractivity contribution < 1.29 is 9.84 Å². The minimum Gasteiger partial charge on any atom is -0.497 e. The van der Waals surface area contributed by atoms with Crippen LogP contribution in [-0.4, -0.2) is 35.9 Å². The summed E-state index contributed by atoms with van der Waals surface area (Å²) >= 11 is 0. The molecule has 0 bridgehead atoms. The van der Waals surface area contributed by atoms with Gasteiger partial charge < -0.3 is 20.9 Å². The van der Waals surface area contributed by atoms with Crippen molar-refractivity contribution in [2.75, 3.05) is 13.7 Å². The summed E-state index contributed by atoms with van der Waals surface area (Å²) in [7, 11) is 1.65. The third-order valence-electron chi connectivity index (χ3n) is 3.51. The van der Waals surface area contributed by atoms with Crippen LogP contribution in [0.3, 0.4) is 0 Å². The predicted octanol–water partition coefficient (Wildman–Crippen LogP) is 2.38. The van der Waals surface area contributed by atoms with Crippen molar-refractivity contribution in [2.45, 2.75) is 25.1 Å². The van der Waals surface area contributed by atoms with Crippen molar-refractivity contribution in [2.24, 2.45) is 5.73 Å². The van der Waals surface area contributed by atoms with Crippen LogP contribution in [0.5, 0.6) is 5.75 Å². The number of nitrogens with two attached hydrogens (primary N) is 1. The Morgan fingerprint density at radius 3 is 2.52 bits per heavy atom. The molecule has 0 aliphatic rings. The summed E-state index contributed by atoms with van der Waals surface area (Å²) in [6.07, 6.45) is 3.50. The predicted molar refractivity (Wildman–Crippen MR) is 108 cm³/mol. The van der Waals surface area contributed by atoms with E-state index >= 15 is 0 Å². The minimum absolute atomic E-state index is 0. The van der Waals surface area contributed by atoms with Crippen LogP contribution in [0.2, 0.25) is 0 Å².